The molecule has 1 aromatic rings. The lowest BCUT2D eigenvalue weighted by Gasteiger charge is -2.26. The summed E-state index contributed by atoms with van der Waals surface area (Å²) in [5.74, 6) is 0. The third-order valence-electron chi connectivity index (χ3n) is 3.23. The van der Waals surface area contributed by atoms with Gasteiger partial charge in [0, 0.05) is 39.4 Å². The lowest BCUT2D eigenvalue weighted by Crippen LogP contribution is -2.33. The molecule has 0 aromatic heterocycles. The number of methoxy groups -OCH3 is 1. The summed E-state index contributed by atoms with van der Waals surface area (Å²) in [6, 6.07) is 5.58. The zero-order valence-electron chi connectivity index (χ0n) is 12.5. The summed E-state index contributed by atoms with van der Waals surface area (Å²) in [6.45, 7) is 6.50. The van der Waals surface area contributed by atoms with Crippen LogP contribution in [0.5, 0.6) is 0 Å². The molecule has 0 aliphatic heterocycles. The van der Waals surface area contributed by atoms with Gasteiger partial charge in [-0.2, -0.15) is 0 Å². The van der Waals surface area contributed by atoms with Gasteiger partial charge in [-0.1, -0.05) is 6.07 Å². The summed E-state index contributed by atoms with van der Waals surface area (Å²) in [4.78, 5) is 12.8. The molecule has 20 heavy (non-hydrogen) atoms. The Kier molecular flexibility index (Phi) is 6.41. The zero-order valence-corrected chi connectivity index (χ0v) is 12.5. The van der Waals surface area contributed by atoms with E-state index >= 15 is 0 Å². The van der Waals surface area contributed by atoms with Crippen molar-refractivity contribution in [1.29, 1.82) is 0 Å². The Morgan fingerprint density at radius 2 is 2.15 bits per heavy atom. The lowest BCUT2D eigenvalue weighted by molar-refractivity contribution is -0.384. The number of nitro groups is 1. The number of rotatable bonds is 8. The first-order chi connectivity index (χ1) is 9.49. The van der Waals surface area contributed by atoms with Crippen LogP contribution in [0, 0.1) is 10.1 Å². The highest BCUT2D eigenvalue weighted by Crippen LogP contribution is 2.25. The molecule has 1 N–H and O–H groups in total. The smallest absolute Gasteiger partial charge is 0.292 e. The van der Waals surface area contributed by atoms with E-state index in [0.717, 1.165) is 18.7 Å². The highest BCUT2D eigenvalue weighted by Gasteiger charge is 2.15. The van der Waals surface area contributed by atoms with Crippen molar-refractivity contribution in [2.45, 2.75) is 26.4 Å². The average Bonchev–Trinajstić information content (AvgIpc) is 2.42. The molecule has 1 aromatic carbocycles. The number of nitrogens with zero attached hydrogens (tertiary/aromatic N) is 2. The quantitative estimate of drug-likeness (QED) is 0.585. The fourth-order valence-corrected chi connectivity index (χ4v) is 2.00. The second kappa shape index (κ2) is 7.81. The summed E-state index contributed by atoms with van der Waals surface area (Å²) >= 11 is 0. The van der Waals surface area contributed by atoms with E-state index in [4.69, 9.17) is 4.74 Å². The normalized spacial score (nSPS) is 11.1. The molecule has 0 saturated carbocycles. The van der Waals surface area contributed by atoms with Crippen LogP contribution in [0.2, 0.25) is 0 Å². The Morgan fingerprint density at radius 1 is 1.45 bits per heavy atom. The van der Waals surface area contributed by atoms with E-state index in [2.05, 4.69) is 24.1 Å². The molecular weight excluding hydrogens is 258 g/mol. The maximum absolute atomic E-state index is 10.9. The molecule has 0 bridgehead atoms. The molecule has 0 heterocycles. The minimum atomic E-state index is -0.374. The van der Waals surface area contributed by atoms with Crippen molar-refractivity contribution in [3.63, 3.8) is 0 Å². The number of ether oxygens (including phenoxy) is 1. The summed E-state index contributed by atoms with van der Waals surface area (Å²) in [5.41, 5.74) is 1.69. The van der Waals surface area contributed by atoms with Crippen LogP contribution in [0.3, 0.4) is 0 Å². The Labute approximate surface area is 119 Å². The first-order valence-corrected chi connectivity index (χ1v) is 6.67. The van der Waals surface area contributed by atoms with Crippen molar-refractivity contribution in [3.05, 3.63) is 33.9 Å². The molecule has 0 atom stereocenters. The van der Waals surface area contributed by atoms with Gasteiger partial charge in [0.2, 0.25) is 0 Å². The molecular formula is C14H23N3O3. The van der Waals surface area contributed by atoms with Gasteiger partial charge < -0.3 is 10.1 Å². The molecule has 0 unspecified atom stereocenters. The molecule has 6 nitrogen and oxygen atoms in total. The number of hydrogen-bond donors (Lipinski definition) is 1. The second-order valence-electron chi connectivity index (χ2n) is 4.92. The summed E-state index contributed by atoms with van der Waals surface area (Å²) in [5, 5.41) is 13.8. The standard InChI is InChI=1S/C14H23N3O3/c1-11(2)16(7-8-20-4)10-12-5-6-14(17(18)19)13(9-12)15-3/h5-6,9,11,15H,7-8,10H2,1-4H3. The number of nitrogens with one attached hydrogen (secondary N) is 1. The predicted octanol–water partition coefficient (Wildman–Crippen LogP) is 2.49. The van der Waals surface area contributed by atoms with Crippen molar-refractivity contribution in [2.75, 3.05) is 32.6 Å². The van der Waals surface area contributed by atoms with Crippen LogP contribution in [-0.4, -0.2) is 43.2 Å². The topological polar surface area (TPSA) is 67.6 Å². The van der Waals surface area contributed by atoms with Crippen molar-refractivity contribution in [2.24, 2.45) is 0 Å². The van der Waals surface area contributed by atoms with Gasteiger partial charge in [0.15, 0.2) is 0 Å². The van der Waals surface area contributed by atoms with E-state index in [0.29, 0.717) is 18.3 Å². The minimum absolute atomic E-state index is 0.101. The number of anilines is 1. The molecule has 0 radical (unpaired) electrons. The predicted molar refractivity (Wildman–Crippen MR) is 80.1 cm³/mol. The van der Waals surface area contributed by atoms with Crippen LogP contribution in [0.15, 0.2) is 18.2 Å². The maximum Gasteiger partial charge on any atom is 0.292 e. The third-order valence-corrected chi connectivity index (χ3v) is 3.23. The Balaban J connectivity index is 2.87. The van der Waals surface area contributed by atoms with Gasteiger partial charge in [0.05, 0.1) is 11.5 Å². The van der Waals surface area contributed by atoms with Crippen LogP contribution >= 0.6 is 0 Å². The third kappa shape index (κ3) is 4.47. The number of hydrogen-bond acceptors (Lipinski definition) is 5. The van der Waals surface area contributed by atoms with Gasteiger partial charge in [-0.05, 0) is 25.5 Å². The SMILES string of the molecule is CNc1cc(CN(CCOC)C(C)C)ccc1[N+](=O)[O-]. The van der Waals surface area contributed by atoms with Gasteiger partial charge in [-0.15, -0.1) is 0 Å². The molecule has 112 valence electrons. The second-order valence-corrected chi connectivity index (χ2v) is 4.92. The van der Waals surface area contributed by atoms with Crippen LogP contribution in [-0.2, 0) is 11.3 Å². The first kappa shape index (κ1) is 16.4. The summed E-state index contributed by atoms with van der Waals surface area (Å²) in [7, 11) is 3.38. The number of benzene rings is 1. The molecule has 0 aliphatic rings. The van der Waals surface area contributed by atoms with Gasteiger partial charge in [0.25, 0.3) is 5.69 Å². The molecule has 0 spiro atoms. The van der Waals surface area contributed by atoms with E-state index < -0.39 is 0 Å². The Bertz CT molecular complexity index is 449. The summed E-state index contributed by atoms with van der Waals surface area (Å²) in [6.07, 6.45) is 0. The molecule has 6 heteroatoms. The van der Waals surface area contributed by atoms with Gasteiger partial charge >= 0.3 is 0 Å². The monoisotopic (exact) mass is 281 g/mol. The molecule has 0 aliphatic carbocycles. The summed E-state index contributed by atoms with van der Waals surface area (Å²) < 4.78 is 5.11. The number of nitro benzene ring substituents is 1. The van der Waals surface area contributed by atoms with Crippen LogP contribution in [0.25, 0.3) is 0 Å². The minimum Gasteiger partial charge on any atom is -0.383 e. The van der Waals surface area contributed by atoms with Crippen molar-refractivity contribution < 1.29 is 9.66 Å². The van der Waals surface area contributed by atoms with Crippen LogP contribution in [0.1, 0.15) is 19.4 Å². The first-order valence-electron chi connectivity index (χ1n) is 6.67. The maximum atomic E-state index is 10.9. The fraction of sp³-hybridized carbons (Fsp3) is 0.571. The van der Waals surface area contributed by atoms with E-state index in [1.807, 2.05) is 6.07 Å². The molecule has 1 rings (SSSR count). The Hall–Kier alpha value is -1.66. The zero-order chi connectivity index (χ0) is 15.1. The average molecular weight is 281 g/mol. The fourth-order valence-electron chi connectivity index (χ4n) is 2.00. The highest BCUT2D eigenvalue weighted by atomic mass is 16.6. The van der Waals surface area contributed by atoms with E-state index in [1.165, 1.54) is 0 Å². The lowest BCUT2D eigenvalue weighted by atomic mass is 10.1. The highest BCUT2D eigenvalue weighted by molar-refractivity contribution is 5.62. The van der Waals surface area contributed by atoms with Gasteiger partial charge in [0.1, 0.15) is 5.69 Å². The molecule has 0 saturated heterocycles. The van der Waals surface area contributed by atoms with E-state index in [-0.39, 0.29) is 10.6 Å². The van der Waals surface area contributed by atoms with Crippen LogP contribution in [0.4, 0.5) is 11.4 Å². The van der Waals surface area contributed by atoms with E-state index in [9.17, 15) is 10.1 Å². The van der Waals surface area contributed by atoms with Gasteiger partial charge in [-0.3, -0.25) is 15.0 Å². The van der Waals surface area contributed by atoms with Crippen molar-refractivity contribution in [1.82, 2.24) is 4.90 Å². The van der Waals surface area contributed by atoms with Crippen molar-refractivity contribution >= 4 is 11.4 Å². The molecule has 0 amide bonds. The van der Waals surface area contributed by atoms with E-state index in [1.54, 1.807) is 26.3 Å². The largest absolute Gasteiger partial charge is 0.383 e. The Morgan fingerprint density at radius 3 is 2.65 bits per heavy atom. The molecule has 0 fully saturated rings. The van der Waals surface area contributed by atoms with Gasteiger partial charge in [-0.25, -0.2) is 0 Å². The van der Waals surface area contributed by atoms with Crippen LogP contribution < -0.4 is 5.32 Å². The van der Waals surface area contributed by atoms with Crippen molar-refractivity contribution in [3.8, 4) is 0 Å².